The summed E-state index contributed by atoms with van der Waals surface area (Å²) in [5.74, 6) is 2.68. The lowest BCUT2D eigenvalue weighted by Gasteiger charge is -2.26. The Morgan fingerprint density at radius 2 is 2.14 bits per heavy atom. The van der Waals surface area contributed by atoms with Crippen molar-refractivity contribution in [1.82, 2.24) is 14.9 Å². The zero-order chi connectivity index (χ0) is 25.2. The molecule has 2 aliphatic rings. The van der Waals surface area contributed by atoms with Gasteiger partial charge >= 0.3 is 0 Å². The summed E-state index contributed by atoms with van der Waals surface area (Å²) >= 11 is 7.93. The normalized spacial score (nSPS) is 18.2. The highest BCUT2D eigenvalue weighted by Gasteiger charge is 2.26. The molecule has 192 valence electrons. The summed E-state index contributed by atoms with van der Waals surface area (Å²) in [5, 5.41) is 4.57. The maximum atomic E-state index is 13.1. The number of ether oxygens (including phenoxy) is 2. The quantitative estimate of drug-likeness (QED) is 0.486. The fourth-order valence-electron chi connectivity index (χ4n) is 4.93. The van der Waals surface area contributed by atoms with E-state index in [9.17, 15) is 4.79 Å². The molecule has 0 radical (unpaired) electrons. The highest BCUT2D eigenvalue weighted by atomic mass is 35.5. The number of rotatable bonds is 7. The van der Waals surface area contributed by atoms with Gasteiger partial charge in [-0.25, -0.2) is 9.97 Å². The van der Waals surface area contributed by atoms with Crippen LogP contribution in [0.2, 0.25) is 5.02 Å². The lowest BCUT2D eigenvalue weighted by molar-refractivity contribution is -0.114. The number of amides is 1. The van der Waals surface area contributed by atoms with Gasteiger partial charge in [0.1, 0.15) is 22.2 Å². The molecule has 3 aromatic rings. The van der Waals surface area contributed by atoms with Gasteiger partial charge in [0.05, 0.1) is 44.5 Å². The number of nitrogens with zero attached hydrogens (tertiary/aromatic N) is 4. The van der Waals surface area contributed by atoms with Crippen LogP contribution < -0.4 is 15.0 Å². The number of thiophene rings is 1. The molecule has 1 atom stereocenters. The Morgan fingerprint density at radius 1 is 1.33 bits per heavy atom. The van der Waals surface area contributed by atoms with Gasteiger partial charge < -0.3 is 19.7 Å². The summed E-state index contributed by atoms with van der Waals surface area (Å²) in [6.45, 7) is 6.32. The van der Waals surface area contributed by atoms with E-state index in [-0.39, 0.29) is 12.5 Å². The second kappa shape index (κ2) is 10.9. The molecular weight excluding hydrogens is 498 g/mol. The zero-order valence-corrected chi connectivity index (χ0v) is 22.5. The van der Waals surface area contributed by atoms with Gasteiger partial charge in [0.2, 0.25) is 5.91 Å². The molecule has 1 amide bonds. The SMILES string of the molecule is COc1ccc(Cl)cc1NC(=O)CN(C)c1nc(CN2CCOCC2)nc2sc3c(c12)CC[C@H](C)C3. The third kappa shape index (κ3) is 5.44. The number of hydrogen-bond donors (Lipinski definition) is 1. The Labute approximate surface area is 220 Å². The van der Waals surface area contributed by atoms with Crippen molar-refractivity contribution >= 4 is 50.6 Å². The number of nitrogens with one attached hydrogen (secondary N) is 1. The van der Waals surface area contributed by atoms with Crippen LogP contribution in [-0.2, 0) is 28.9 Å². The summed E-state index contributed by atoms with van der Waals surface area (Å²) in [4.78, 5) is 29.8. The first kappa shape index (κ1) is 25.2. The number of carbonyl (C=O) groups is 1. The fourth-order valence-corrected chi connectivity index (χ4v) is 6.50. The molecule has 1 saturated heterocycles. The van der Waals surface area contributed by atoms with Crippen LogP contribution in [0, 0.1) is 5.92 Å². The first-order valence-electron chi connectivity index (χ1n) is 12.4. The molecule has 1 N–H and O–H groups in total. The van der Waals surface area contributed by atoms with Crippen molar-refractivity contribution in [2.75, 3.05) is 57.2 Å². The second-order valence-corrected chi connectivity index (χ2v) is 11.2. The summed E-state index contributed by atoms with van der Waals surface area (Å²) in [7, 11) is 3.49. The van der Waals surface area contributed by atoms with E-state index in [0.717, 1.165) is 67.4 Å². The van der Waals surface area contributed by atoms with Crippen molar-refractivity contribution in [3.8, 4) is 5.75 Å². The minimum atomic E-state index is -0.169. The molecule has 0 saturated carbocycles. The number of morpholine rings is 1. The smallest absolute Gasteiger partial charge is 0.244 e. The van der Waals surface area contributed by atoms with E-state index in [1.807, 2.05) is 11.9 Å². The molecule has 0 unspecified atom stereocenters. The number of methoxy groups -OCH3 is 1. The van der Waals surface area contributed by atoms with E-state index in [2.05, 4.69) is 17.1 Å². The van der Waals surface area contributed by atoms with E-state index in [0.29, 0.717) is 28.9 Å². The number of fused-ring (bicyclic) bond motifs is 3. The predicted molar refractivity (Wildman–Crippen MR) is 145 cm³/mol. The van der Waals surface area contributed by atoms with Crippen LogP contribution in [0.3, 0.4) is 0 Å². The van der Waals surface area contributed by atoms with Crippen molar-refractivity contribution in [2.24, 2.45) is 5.92 Å². The first-order chi connectivity index (χ1) is 17.4. The van der Waals surface area contributed by atoms with Crippen molar-refractivity contribution < 1.29 is 14.3 Å². The number of likely N-dealkylation sites (N-methyl/N-ethyl adjacent to an activating group) is 1. The average molecular weight is 530 g/mol. The van der Waals surface area contributed by atoms with Gasteiger partial charge in [-0.3, -0.25) is 9.69 Å². The molecule has 0 spiro atoms. The van der Waals surface area contributed by atoms with Crippen molar-refractivity contribution in [2.45, 2.75) is 32.7 Å². The molecule has 1 aliphatic heterocycles. The fraction of sp³-hybridized carbons (Fsp3) is 0.500. The van der Waals surface area contributed by atoms with E-state index in [4.69, 9.17) is 31.0 Å². The van der Waals surface area contributed by atoms with Crippen LogP contribution >= 0.6 is 22.9 Å². The Hall–Kier alpha value is -2.46. The van der Waals surface area contributed by atoms with Crippen molar-refractivity contribution in [3.05, 3.63) is 39.5 Å². The van der Waals surface area contributed by atoms with Crippen LogP contribution in [0.4, 0.5) is 11.5 Å². The summed E-state index contributed by atoms with van der Waals surface area (Å²) in [6.07, 6.45) is 3.26. The van der Waals surface area contributed by atoms with Crippen LogP contribution in [0.5, 0.6) is 5.75 Å². The maximum Gasteiger partial charge on any atom is 0.244 e. The summed E-state index contributed by atoms with van der Waals surface area (Å²) < 4.78 is 10.9. The molecule has 1 aliphatic carbocycles. The topological polar surface area (TPSA) is 79.8 Å². The van der Waals surface area contributed by atoms with Gasteiger partial charge in [-0.1, -0.05) is 18.5 Å². The minimum Gasteiger partial charge on any atom is -0.495 e. The van der Waals surface area contributed by atoms with E-state index < -0.39 is 0 Å². The third-order valence-corrected chi connectivity index (χ3v) is 8.21. The number of halogens is 1. The molecular formula is C26H32ClN5O3S. The van der Waals surface area contributed by atoms with Gasteiger partial charge in [0, 0.05) is 30.0 Å². The molecule has 0 bridgehead atoms. The number of aromatic nitrogens is 2. The van der Waals surface area contributed by atoms with Crippen molar-refractivity contribution in [3.63, 3.8) is 0 Å². The van der Waals surface area contributed by atoms with Crippen LogP contribution in [0.1, 0.15) is 29.6 Å². The molecule has 2 aromatic heterocycles. The maximum absolute atomic E-state index is 13.1. The van der Waals surface area contributed by atoms with Gasteiger partial charge in [-0.15, -0.1) is 11.3 Å². The van der Waals surface area contributed by atoms with Crippen LogP contribution in [-0.4, -0.2) is 67.8 Å². The molecule has 1 fully saturated rings. The molecule has 1 aromatic carbocycles. The van der Waals surface area contributed by atoms with E-state index in [1.54, 1.807) is 36.6 Å². The van der Waals surface area contributed by atoms with Crippen LogP contribution in [0.15, 0.2) is 18.2 Å². The Balaban J connectivity index is 1.44. The Morgan fingerprint density at radius 3 is 2.92 bits per heavy atom. The zero-order valence-electron chi connectivity index (χ0n) is 21.0. The lowest BCUT2D eigenvalue weighted by atomic mass is 9.89. The molecule has 36 heavy (non-hydrogen) atoms. The summed E-state index contributed by atoms with van der Waals surface area (Å²) in [5.41, 5.74) is 1.90. The second-order valence-electron chi connectivity index (χ2n) is 9.63. The minimum absolute atomic E-state index is 0.139. The standard InChI is InChI=1S/C26H32ClN5O3S/c1-16-4-6-18-21(12-16)36-26-24(18)25(29-22(30-26)14-32-8-10-35-11-9-32)31(2)15-23(33)28-19-13-17(27)5-7-20(19)34-3/h5,7,13,16H,4,6,8-12,14-15H2,1-3H3,(H,28,33)/t16-/m0/s1. The van der Waals surface area contributed by atoms with Gasteiger partial charge in [-0.05, 0) is 48.9 Å². The number of aryl methyl sites for hydroxylation is 1. The third-order valence-electron chi connectivity index (χ3n) is 6.83. The Bertz CT molecular complexity index is 1260. The molecule has 5 rings (SSSR count). The van der Waals surface area contributed by atoms with Crippen molar-refractivity contribution in [1.29, 1.82) is 0 Å². The molecule has 10 heteroatoms. The molecule has 8 nitrogen and oxygen atoms in total. The summed E-state index contributed by atoms with van der Waals surface area (Å²) in [6, 6.07) is 5.17. The first-order valence-corrected chi connectivity index (χ1v) is 13.6. The van der Waals surface area contributed by atoms with Gasteiger partial charge in [0.15, 0.2) is 0 Å². The molecule has 3 heterocycles. The number of hydrogen-bond acceptors (Lipinski definition) is 8. The van der Waals surface area contributed by atoms with E-state index >= 15 is 0 Å². The van der Waals surface area contributed by atoms with Gasteiger partial charge in [0.25, 0.3) is 0 Å². The lowest BCUT2D eigenvalue weighted by Crippen LogP contribution is -2.36. The highest BCUT2D eigenvalue weighted by Crippen LogP contribution is 2.41. The number of anilines is 2. The monoisotopic (exact) mass is 529 g/mol. The number of carbonyl (C=O) groups excluding carboxylic acids is 1. The number of benzene rings is 1. The van der Waals surface area contributed by atoms with Crippen LogP contribution in [0.25, 0.3) is 10.2 Å². The largest absolute Gasteiger partial charge is 0.495 e. The highest BCUT2D eigenvalue weighted by molar-refractivity contribution is 7.19. The van der Waals surface area contributed by atoms with E-state index in [1.165, 1.54) is 10.4 Å². The Kier molecular flexibility index (Phi) is 7.62. The van der Waals surface area contributed by atoms with Gasteiger partial charge in [-0.2, -0.15) is 0 Å². The average Bonchev–Trinajstić information content (AvgIpc) is 3.21. The predicted octanol–water partition coefficient (Wildman–Crippen LogP) is 4.39.